The minimum Gasteiger partial charge on any atom is -0.493 e. The molecule has 2 N–H and O–H groups in total. The minimum absolute atomic E-state index is 0.142. The predicted molar refractivity (Wildman–Crippen MR) is 160 cm³/mol. The van der Waals surface area contributed by atoms with E-state index in [1.807, 2.05) is 12.1 Å². The van der Waals surface area contributed by atoms with Crippen LogP contribution in [0, 0.1) is 17.2 Å². The molecule has 3 fully saturated rings. The Labute approximate surface area is 250 Å². The van der Waals surface area contributed by atoms with E-state index < -0.39 is 6.10 Å². The second kappa shape index (κ2) is 12.9. The highest BCUT2D eigenvalue weighted by molar-refractivity contribution is 5.80. The van der Waals surface area contributed by atoms with Gasteiger partial charge in [0.2, 0.25) is 5.95 Å². The van der Waals surface area contributed by atoms with Crippen molar-refractivity contribution < 1.29 is 19.4 Å². The molecule has 4 heterocycles. The summed E-state index contributed by atoms with van der Waals surface area (Å²) in [5.41, 5.74) is 3.12. The lowest BCUT2D eigenvalue weighted by atomic mass is 10.1. The van der Waals surface area contributed by atoms with E-state index in [9.17, 15) is 15.2 Å². The molecule has 0 radical (unpaired) electrons. The third kappa shape index (κ3) is 6.85. The quantitative estimate of drug-likeness (QED) is 0.383. The first kappa shape index (κ1) is 28.8. The minimum atomic E-state index is -1.01. The summed E-state index contributed by atoms with van der Waals surface area (Å²) in [5.74, 6) is 1.22. The van der Waals surface area contributed by atoms with Gasteiger partial charge in [-0.05, 0) is 55.8 Å². The number of carbonyl (C=O) groups is 1. The van der Waals surface area contributed by atoms with Gasteiger partial charge in [-0.15, -0.1) is 0 Å². The molecule has 3 aliphatic heterocycles. The molecular weight excluding hydrogens is 548 g/mol. The summed E-state index contributed by atoms with van der Waals surface area (Å²) in [7, 11) is 0. The zero-order valence-corrected chi connectivity index (χ0v) is 24.2. The van der Waals surface area contributed by atoms with Crippen LogP contribution in [0.5, 0.6) is 5.75 Å². The van der Waals surface area contributed by atoms with E-state index in [2.05, 4.69) is 48.3 Å². The molecule has 3 aliphatic rings. The molecule has 224 valence electrons. The summed E-state index contributed by atoms with van der Waals surface area (Å²) in [6.45, 7) is 8.80. The molecule has 2 atom stereocenters. The number of ether oxygens (including phenoxy) is 2. The molecule has 0 spiro atoms. The smallest absolute Gasteiger partial charge is 0.251 e. The molecule has 0 aliphatic carbocycles. The third-order valence-electron chi connectivity index (χ3n) is 8.25. The second-order valence-electron chi connectivity index (χ2n) is 11.3. The molecule has 43 heavy (non-hydrogen) atoms. The van der Waals surface area contributed by atoms with Crippen LogP contribution in [0.25, 0.3) is 11.4 Å². The molecule has 3 aromatic rings. The number of nitriles is 1. The second-order valence-corrected chi connectivity index (χ2v) is 11.3. The Morgan fingerprint density at radius 3 is 2.63 bits per heavy atom. The lowest BCUT2D eigenvalue weighted by Crippen LogP contribution is -2.56. The highest BCUT2D eigenvalue weighted by Gasteiger charge is 2.30. The van der Waals surface area contributed by atoms with Gasteiger partial charge >= 0.3 is 0 Å². The monoisotopic (exact) mass is 584 g/mol. The Morgan fingerprint density at radius 2 is 1.93 bits per heavy atom. The molecule has 12 nitrogen and oxygen atoms in total. The summed E-state index contributed by atoms with van der Waals surface area (Å²) in [6, 6.07) is 16.2. The number of hydrogen-bond acceptors (Lipinski definition) is 11. The maximum atomic E-state index is 12.1. The van der Waals surface area contributed by atoms with E-state index in [1.54, 1.807) is 23.1 Å². The SMILES string of the molecule is CC(O)C(=O)N1CC[C@H](COc2cc(C#N)cc(-c3ncnc(Nc4ccc(N5CCN(C6COC6)CC5)cc4)n3)c2)C1. The molecule has 1 aromatic heterocycles. The molecule has 3 saturated heterocycles. The van der Waals surface area contributed by atoms with Crippen LogP contribution in [0.2, 0.25) is 0 Å². The normalized spacial score (nSPS) is 19.9. The first-order valence-electron chi connectivity index (χ1n) is 14.7. The molecule has 2 aromatic carbocycles. The van der Waals surface area contributed by atoms with E-state index in [-0.39, 0.29) is 11.8 Å². The van der Waals surface area contributed by atoms with Gasteiger partial charge in [0.15, 0.2) is 5.82 Å². The number of piperazine rings is 1. The molecule has 1 unspecified atom stereocenters. The van der Waals surface area contributed by atoms with E-state index in [0.29, 0.717) is 54.4 Å². The van der Waals surface area contributed by atoms with Gasteiger partial charge in [-0.3, -0.25) is 9.69 Å². The van der Waals surface area contributed by atoms with Crippen LogP contribution in [0.15, 0.2) is 48.8 Å². The van der Waals surface area contributed by atoms with Gasteiger partial charge in [0, 0.05) is 62.1 Å². The number of benzene rings is 2. The standard InChI is InChI=1S/C31H36N8O4/c1-21(40)30(41)39-7-6-22(16-39)17-43-28-13-23(15-32)12-24(14-28)29-33-20-34-31(36-29)35-25-2-4-26(5-3-25)37-8-10-38(11-9-37)27-18-42-19-27/h2-5,12-14,20-22,27,40H,6-11,16-19H2,1H3,(H,33,34,35,36)/t21?,22-/m0/s1. The van der Waals surface area contributed by atoms with Gasteiger partial charge in [0.05, 0.1) is 37.5 Å². The van der Waals surface area contributed by atoms with Gasteiger partial charge in [0.25, 0.3) is 5.91 Å². The van der Waals surface area contributed by atoms with Gasteiger partial charge in [-0.2, -0.15) is 10.2 Å². The summed E-state index contributed by atoms with van der Waals surface area (Å²) in [6.07, 6.45) is 1.23. The first-order valence-corrected chi connectivity index (χ1v) is 14.7. The topological polar surface area (TPSA) is 140 Å². The van der Waals surface area contributed by atoms with Crippen LogP contribution >= 0.6 is 0 Å². The number of nitrogens with one attached hydrogen (secondary N) is 1. The Balaban J connectivity index is 1.08. The average Bonchev–Trinajstić information content (AvgIpc) is 3.48. The molecule has 12 heteroatoms. The fourth-order valence-corrected chi connectivity index (χ4v) is 5.68. The fourth-order valence-electron chi connectivity index (χ4n) is 5.68. The maximum absolute atomic E-state index is 12.1. The highest BCUT2D eigenvalue weighted by atomic mass is 16.5. The Bertz CT molecular complexity index is 1470. The summed E-state index contributed by atoms with van der Waals surface area (Å²) in [4.78, 5) is 31.9. The van der Waals surface area contributed by atoms with E-state index in [0.717, 1.165) is 51.5 Å². The predicted octanol–water partition coefficient (Wildman–Crippen LogP) is 2.28. The third-order valence-corrected chi connectivity index (χ3v) is 8.25. The van der Waals surface area contributed by atoms with Crippen molar-refractivity contribution in [3.63, 3.8) is 0 Å². The number of carbonyl (C=O) groups excluding carboxylic acids is 1. The zero-order chi connectivity index (χ0) is 29.8. The lowest BCUT2D eigenvalue weighted by molar-refractivity contribution is -0.138. The van der Waals surface area contributed by atoms with Crippen molar-refractivity contribution in [1.29, 1.82) is 5.26 Å². The van der Waals surface area contributed by atoms with Crippen LogP contribution in [-0.2, 0) is 9.53 Å². The summed E-state index contributed by atoms with van der Waals surface area (Å²) in [5, 5.41) is 22.5. The van der Waals surface area contributed by atoms with Gasteiger partial charge in [-0.1, -0.05) is 0 Å². The van der Waals surface area contributed by atoms with E-state index >= 15 is 0 Å². The van der Waals surface area contributed by atoms with Crippen molar-refractivity contribution in [3.05, 3.63) is 54.4 Å². The van der Waals surface area contributed by atoms with Crippen LogP contribution in [0.1, 0.15) is 18.9 Å². The molecule has 6 rings (SSSR count). The van der Waals surface area contributed by atoms with E-state index in [4.69, 9.17) is 9.47 Å². The van der Waals surface area contributed by atoms with Crippen LogP contribution in [-0.4, -0.2) is 107 Å². The molecular formula is C31H36N8O4. The van der Waals surface area contributed by atoms with Crippen molar-refractivity contribution in [2.75, 3.05) is 69.3 Å². The van der Waals surface area contributed by atoms with Crippen molar-refractivity contribution in [2.45, 2.75) is 25.5 Å². The lowest BCUT2D eigenvalue weighted by Gasteiger charge is -2.43. The van der Waals surface area contributed by atoms with Crippen molar-refractivity contribution >= 4 is 23.2 Å². The first-order chi connectivity index (χ1) is 20.9. The van der Waals surface area contributed by atoms with Crippen LogP contribution in [0.4, 0.5) is 17.3 Å². The number of aliphatic hydroxyl groups excluding tert-OH is 1. The number of anilines is 3. The zero-order valence-electron chi connectivity index (χ0n) is 24.2. The van der Waals surface area contributed by atoms with Crippen LogP contribution < -0.4 is 15.0 Å². The number of rotatable bonds is 9. The van der Waals surface area contributed by atoms with Crippen molar-refractivity contribution in [1.82, 2.24) is 24.8 Å². The molecule has 1 amide bonds. The average molecular weight is 585 g/mol. The van der Waals surface area contributed by atoms with E-state index in [1.165, 1.54) is 18.9 Å². The Hall–Kier alpha value is -4.31. The molecule has 0 saturated carbocycles. The number of aliphatic hydroxyl groups is 1. The maximum Gasteiger partial charge on any atom is 0.251 e. The number of aromatic nitrogens is 3. The number of amides is 1. The van der Waals surface area contributed by atoms with Gasteiger partial charge in [0.1, 0.15) is 18.2 Å². The number of hydrogen-bond donors (Lipinski definition) is 2. The summed E-state index contributed by atoms with van der Waals surface area (Å²) >= 11 is 0. The summed E-state index contributed by atoms with van der Waals surface area (Å²) < 4.78 is 11.4. The Morgan fingerprint density at radius 1 is 1.14 bits per heavy atom. The van der Waals surface area contributed by atoms with Gasteiger partial charge in [-0.25, -0.2) is 9.97 Å². The van der Waals surface area contributed by atoms with Crippen LogP contribution in [0.3, 0.4) is 0 Å². The van der Waals surface area contributed by atoms with Gasteiger partial charge < -0.3 is 29.7 Å². The number of likely N-dealkylation sites (tertiary alicyclic amines) is 1. The number of nitrogens with zero attached hydrogens (tertiary/aromatic N) is 7. The van der Waals surface area contributed by atoms with Crippen molar-refractivity contribution in [2.24, 2.45) is 5.92 Å². The van der Waals surface area contributed by atoms with Crippen molar-refractivity contribution in [3.8, 4) is 23.2 Å². The molecule has 0 bridgehead atoms. The fraction of sp³-hybridized carbons (Fsp3) is 0.452. The largest absolute Gasteiger partial charge is 0.493 e. The highest BCUT2D eigenvalue weighted by Crippen LogP contribution is 2.27. The Kier molecular flexibility index (Phi) is 8.64.